The number of benzene rings is 1. The first kappa shape index (κ1) is 17.4. The number of guanidine groups is 1. The number of rotatable bonds is 7. The first-order chi connectivity index (χ1) is 10.1. The standard InChI is InChI=1S/C16H27FN4/c1-5-21(13(2)3)11-10-19-16(18-4)20-12-14-8-6-7-9-15(14)17/h6-9,13H,5,10-12H2,1-4H3,(H2,18,19,20). The van der Waals surface area contributed by atoms with Crippen LogP contribution < -0.4 is 10.6 Å². The summed E-state index contributed by atoms with van der Waals surface area (Å²) in [6.07, 6.45) is 0. The molecule has 0 saturated heterocycles. The Morgan fingerprint density at radius 3 is 2.57 bits per heavy atom. The van der Waals surface area contributed by atoms with Crippen LogP contribution in [-0.4, -0.2) is 43.6 Å². The van der Waals surface area contributed by atoms with E-state index in [-0.39, 0.29) is 5.82 Å². The van der Waals surface area contributed by atoms with E-state index >= 15 is 0 Å². The molecule has 0 heterocycles. The van der Waals surface area contributed by atoms with Gasteiger partial charge >= 0.3 is 0 Å². The minimum atomic E-state index is -0.197. The van der Waals surface area contributed by atoms with Crippen LogP contribution in [0.25, 0.3) is 0 Å². The molecule has 5 heteroatoms. The Morgan fingerprint density at radius 1 is 1.29 bits per heavy atom. The fourth-order valence-electron chi connectivity index (χ4n) is 2.14. The zero-order valence-corrected chi connectivity index (χ0v) is 13.5. The van der Waals surface area contributed by atoms with Crippen LogP contribution in [0, 0.1) is 5.82 Å². The van der Waals surface area contributed by atoms with Crippen molar-refractivity contribution in [2.45, 2.75) is 33.4 Å². The lowest BCUT2D eigenvalue weighted by molar-refractivity contribution is 0.237. The van der Waals surface area contributed by atoms with Gasteiger partial charge in [-0.1, -0.05) is 25.1 Å². The summed E-state index contributed by atoms with van der Waals surface area (Å²) in [7, 11) is 1.72. The highest BCUT2D eigenvalue weighted by Crippen LogP contribution is 2.05. The largest absolute Gasteiger partial charge is 0.355 e. The zero-order valence-electron chi connectivity index (χ0n) is 13.5. The number of aliphatic imine (C=N–C) groups is 1. The first-order valence-electron chi connectivity index (χ1n) is 7.50. The lowest BCUT2D eigenvalue weighted by Gasteiger charge is -2.25. The van der Waals surface area contributed by atoms with Gasteiger partial charge in [-0.05, 0) is 26.5 Å². The van der Waals surface area contributed by atoms with Crippen LogP contribution >= 0.6 is 0 Å². The number of likely N-dealkylation sites (N-methyl/N-ethyl adjacent to an activating group) is 1. The first-order valence-corrected chi connectivity index (χ1v) is 7.50. The number of nitrogens with one attached hydrogen (secondary N) is 2. The fraction of sp³-hybridized carbons (Fsp3) is 0.562. The predicted octanol–water partition coefficient (Wildman–Crippen LogP) is 2.22. The minimum Gasteiger partial charge on any atom is -0.355 e. The highest BCUT2D eigenvalue weighted by atomic mass is 19.1. The predicted molar refractivity (Wildman–Crippen MR) is 87.0 cm³/mol. The van der Waals surface area contributed by atoms with Gasteiger partial charge in [-0.25, -0.2) is 4.39 Å². The summed E-state index contributed by atoms with van der Waals surface area (Å²) in [5.41, 5.74) is 0.637. The lowest BCUT2D eigenvalue weighted by Crippen LogP contribution is -2.42. The summed E-state index contributed by atoms with van der Waals surface area (Å²) in [4.78, 5) is 6.53. The van der Waals surface area contributed by atoms with Crippen molar-refractivity contribution in [2.75, 3.05) is 26.7 Å². The van der Waals surface area contributed by atoms with Crippen molar-refractivity contribution in [3.63, 3.8) is 0 Å². The highest BCUT2D eigenvalue weighted by Gasteiger charge is 2.07. The third kappa shape index (κ3) is 6.12. The SMILES string of the molecule is CCN(CCNC(=NC)NCc1ccccc1F)C(C)C. The summed E-state index contributed by atoms with van der Waals surface area (Å²) in [5.74, 6) is 0.496. The van der Waals surface area contributed by atoms with Crippen molar-refractivity contribution in [2.24, 2.45) is 4.99 Å². The summed E-state index contributed by atoms with van der Waals surface area (Å²) in [6, 6.07) is 7.29. The highest BCUT2D eigenvalue weighted by molar-refractivity contribution is 5.79. The molecule has 1 aromatic rings. The van der Waals surface area contributed by atoms with Crippen LogP contribution in [0.2, 0.25) is 0 Å². The second kappa shape index (κ2) is 9.34. The Balaban J connectivity index is 2.38. The van der Waals surface area contributed by atoms with Crippen molar-refractivity contribution in [1.29, 1.82) is 0 Å². The molecule has 0 atom stereocenters. The Bertz CT molecular complexity index is 446. The van der Waals surface area contributed by atoms with Gasteiger partial charge in [-0.15, -0.1) is 0 Å². The quantitative estimate of drug-likeness (QED) is 0.598. The van der Waals surface area contributed by atoms with E-state index in [1.165, 1.54) is 6.07 Å². The van der Waals surface area contributed by atoms with E-state index in [9.17, 15) is 4.39 Å². The van der Waals surface area contributed by atoms with E-state index in [0.717, 1.165) is 19.6 Å². The minimum absolute atomic E-state index is 0.197. The monoisotopic (exact) mass is 294 g/mol. The van der Waals surface area contributed by atoms with E-state index in [1.54, 1.807) is 19.2 Å². The zero-order chi connectivity index (χ0) is 15.7. The molecule has 0 aliphatic heterocycles. The molecule has 0 aromatic heterocycles. The van der Waals surface area contributed by atoms with Crippen molar-refractivity contribution in [3.05, 3.63) is 35.6 Å². The number of nitrogens with zero attached hydrogens (tertiary/aromatic N) is 2. The molecule has 0 radical (unpaired) electrons. The smallest absolute Gasteiger partial charge is 0.191 e. The molecule has 0 aliphatic rings. The molecule has 1 rings (SSSR count). The molecular weight excluding hydrogens is 267 g/mol. The maximum atomic E-state index is 13.5. The number of halogens is 1. The van der Waals surface area contributed by atoms with Crippen LogP contribution in [0.5, 0.6) is 0 Å². The van der Waals surface area contributed by atoms with Crippen molar-refractivity contribution in [3.8, 4) is 0 Å². The van der Waals surface area contributed by atoms with Crippen molar-refractivity contribution in [1.82, 2.24) is 15.5 Å². The number of hydrogen-bond acceptors (Lipinski definition) is 2. The molecule has 2 N–H and O–H groups in total. The molecular formula is C16H27FN4. The van der Waals surface area contributed by atoms with Gasteiger partial charge in [0.25, 0.3) is 0 Å². The van der Waals surface area contributed by atoms with Crippen LogP contribution in [0.4, 0.5) is 4.39 Å². The van der Waals surface area contributed by atoms with E-state index in [2.05, 4.69) is 41.3 Å². The van der Waals surface area contributed by atoms with Crippen LogP contribution in [0.1, 0.15) is 26.3 Å². The van der Waals surface area contributed by atoms with Gasteiger partial charge in [-0.3, -0.25) is 9.89 Å². The van der Waals surface area contributed by atoms with E-state index < -0.39 is 0 Å². The van der Waals surface area contributed by atoms with Gasteiger partial charge < -0.3 is 10.6 Å². The van der Waals surface area contributed by atoms with E-state index in [0.29, 0.717) is 24.1 Å². The second-order valence-electron chi connectivity index (χ2n) is 5.17. The van der Waals surface area contributed by atoms with Crippen LogP contribution in [0.3, 0.4) is 0 Å². The average Bonchev–Trinajstić information content (AvgIpc) is 2.47. The van der Waals surface area contributed by atoms with Crippen molar-refractivity contribution < 1.29 is 4.39 Å². The third-order valence-electron chi connectivity index (χ3n) is 3.46. The third-order valence-corrected chi connectivity index (χ3v) is 3.46. The molecule has 4 nitrogen and oxygen atoms in total. The second-order valence-corrected chi connectivity index (χ2v) is 5.17. The van der Waals surface area contributed by atoms with Gasteiger partial charge in [0.2, 0.25) is 0 Å². The summed E-state index contributed by atoms with van der Waals surface area (Å²) in [6.45, 7) is 9.75. The van der Waals surface area contributed by atoms with Gasteiger partial charge in [-0.2, -0.15) is 0 Å². The lowest BCUT2D eigenvalue weighted by atomic mass is 10.2. The average molecular weight is 294 g/mol. The van der Waals surface area contributed by atoms with E-state index in [1.807, 2.05) is 6.07 Å². The Morgan fingerprint density at radius 2 is 2.00 bits per heavy atom. The van der Waals surface area contributed by atoms with Gasteiger partial charge in [0, 0.05) is 38.3 Å². The molecule has 118 valence electrons. The van der Waals surface area contributed by atoms with Crippen LogP contribution in [0.15, 0.2) is 29.3 Å². The Kier molecular flexibility index (Phi) is 7.75. The van der Waals surface area contributed by atoms with Gasteiger partial charge in [0.15, 0.2) is 5.96 Å². The van der Waals surface area contributed by atoms with Crippen molar-refractivity contribution >= 4 is 5.96 Å². The van der Waals surface area contributed by atoms with Gasteiger partial charge in [0.05, 0.1) is 0 Å². The van der Waals surface area contributed by atoms with E-state index in [4.69, 9.17) is 0 Å². The number of hydrogen-bond donors (Lipinski definition) is 2. The Hall–Kier alpha value is -1.62. The molecule has 0 unspecified atom stereocenters. The molecule has 0 spiro atoms. The topological polar surface area (TPSA) is 39.7 Å². The van der Waals surface area contributed by atoms with Crippen LogP contribution in [-0.2, 0) is 6.54 Å². The molecule has 0 aliphatic carbocycles. The molecule has 21 heavy (non-hydrogen) atoms. The summed E-state index contributed by atoms with van der Waals surface area (Å²) in [5, 5.41) is 6.38. The molecule has 0 saturated carbocycles. The summed E-state index contributed by atoms with van der Waals surface area (Å²) >= 11 is 0. The molecule has 1 aromatic carbocycles. The maximum absolute atomic E-state index is 13.5. The molecule has 0 fully saturated rings. The maximum Gasteiger partial charge on any atom is 0.191 e. The summed E-state index contributed by atoms with van der Waals surface area (Å²) < 4.78 is 13.5. The molecule has 0 amide bonds. The fourth-order valence-corrected chi connectivity index (χ4v) is 2.14. The van der Waals surface area contributed by atoms with Gasteiger partial charge in [0.1, 0.15) is 5.82 Å². The Labute approximate surface area is 127 Å². The normalized spacial score (nSPS) is 12.0. The molecule has 0 bridgehead atoms.